The zero-order chi connectivity index (χ0) is 7.84. The lowest BCUT2D eigenvalue weighted by molar-refractivity contribution is 0.403. The van der Waals surface area contributed by atoms with E-state index in [1.807, 2.05) is 0 Å². The van der Waals surface area contributed by atoms with Gasteiger partial charge in [0.05, 0.1) is 0 Å². The van der Waals surface area contributed by atoms with Gasteiger partial charge in [-0.05, 0) is 37.0 Å². The van der Waals surface area contributed by atoms with Gasteiger partial charge in [0.15, 0.2) is 0 Å². The van der Waals surface area contributed by atoms with Gasteiger partial charge in [0.25, 0.3) is 0 Å². The fourth-order valence-electron chi connectivity index (χ4n) is 2.65. The summed E-state index contributed by atoms with van der Waals surface area (Å²) in [7, 11) is 0. The van der Waals surface area contributed by atoms with Crippen LogP contribution in [0, 0.1) is 23.7 Å². The van der Waals surface area contributed by atoms with Crippen molar-refractivity contribution in [2.75, 3.05) is 0 Å². The van der Waals surface area contributed by atoms with Crippen LogP contribution in [-0.2, 0) is 0 Å². The van der Waals surface area contributed by atoms with Crippen molar-refractivity contribution in [2.24, 2.45) is 23.7 Å². The molecule has 0 saturated heterocycles. The van der Waals surface area contributed by atoms with E-state index >= 15 is 0 Å². The molecule has 0 nitrogen and oxygen atoms in total. The van der Waals surface area contributed by atoms with Crippen LogP contribution in [0.5, 0.6) is 0 Å². The summed E-state index contributed by atoms with van der Waals surface area (Å²) in [6.45, 7) is 4.52. The average Bonchev–Trinajstić information content (AvgIpc) is 2.54. The molecular formula is C12H20. The van der Waals surface area contributed by atoms with E-state index < -0.39 is 0 Å². The number of hydrogen-bond donors (Lipinski definition) is 0. The van der Waals surface area contributed by atoms with E-state index in [0.717, 1.165) is 23.7 Å². The highest BCUT2D eigenvalue weighted by Gasteiger charge is 2.39. The molecule has 0 aliphatic heterocycles. The van der Waals surface area contributed by atoms with E-state index in [4.69, 9.17) is 0 Å². The highest BCUT2D eigenvalue weighted by atomic mass is 14.4. The minimum absolute atomic E-state index is 0. The molecule has 12 heavy (non-hydrogen) atoms. The van der Waals surface area contributed by atoms with Crippen molar-refractivity contribution in [3.63, 3.8) is 0 Å². The summed E-state index contributed by atoms with van der Waals surface area (Å²) in [5.41, 5.74) is 0. The molecule has 0 spiro atoms. The van der Waals surface area contributed by atoms with Gasteiger partial charge >= 0.3 is 0 Å². The molecule has 1 saturated carbocycles. The standard InChI is InChI=1S/C11H16.CH4/c1-3-4-11-8(2)9-5-6-10(11)7-9;/h3-6,8-11H,7H2,1-2H3;1H4/b4-3-;. The third-order valence-corrected chi connectivity index (χ3v) is 3.34. The van der Waals surface area contributed by atoms with Crippen molar-refractivity contribution in [1.82, 2.24) is 0 Å². The van der Waals surface area contributed by atoms with Crippen molar-refractivity contribution in [3.8, 4) is 0 Å². The van der Waals surface area contributed by atoms with Gasteiger partial charge in [-0.1, -0.05) is 38.7 Å². The van der Waals surface area contributed by atoms with Gasteiger partial charge in [0.1, 0.15) is 0 Å². The van der Waals surface area contributed by atoms with Crippen molar-refractivity contribution in [3.05, 3.63) is 24.3 Å². The molecule has 4 unspecified atom stereocenters. The van der Waals surface area contributed by atoms with Crippen LogP contribution in [-0.4, -0.2) is 0 Å². The molecule has 4 atom stereocenters. The highest BCUT2D eigenvalue weighted by molar-refractivity contribution is 5.16. The Hall–Kier alpha value is -0.520. The van der Waals surface area contributed by atoms with Crippen LogP contribution in [0.4, 0.5) is 0 Å². The van der Waals surface area contributed by atoms with Crippen molar-refractivity contribution in [1.29, 1.82) is 0 Å². The summed E-state index contributed by atoms with van der Waals surface area (Å²) in [5, 5.41) is 0. The SMILES string of the molecule is C.C/C=C\C1C2C=CC(C2)C1C. The molecule has 1 fully saturated rings. The molecule has 0 amide bonds. The van der Waals surface area contributed by atoms with Crippen LogP contribution in [0.2, 0.25) is 0 Å². The maximum Gasteiger partial charge on any atom is -0.0139 e. The van der Waals surface area contributed by atoms with Crippen molar-refractivity contribution < 1.29 is 0 Å². The second kappa shape index (κ2) is 3.47. The van der Waals surface area contributed by atoms with E-state index in [-0.39, 0.29) is 7.43 Å². The second-order valence-corrected chi connectivity index (χ2v) is 3.91. The predicted octanol–water partition coefficient (Wildman–Crippen LogP) is 3.66. The summed E-state index contributed by atoms with van der Waals surface area (Å²) in [4.78, 5) is 0. The topological polar surface area (TPSA) is 0 Å². The minimum Gasteiger partial charge on any atom is -0.0914 e. The largest absolute Gasteiger partial charge is 0.0914 e. The Morgan fingerprint density at radius 3 is 2.42 bits per heavy atom. The van der Waals surface area contributed by atoms with E-state index in [1.54, 1.807) is 0 Å². The van der Waals surface area contributed by atoms with Crippen molar-refractivity contribution in [2.45, 2.75) is 27.7 Å². The fourth-order valence-corrected chi connectivity index (χ4v) is 2.65. The lowest BCUT2D eigenvalue weighted by Crippen LogP contribution is -2.13. The molecular weight excluding hydrogens is 144 g/mol. The zero-order valence-corrected chi connectivity index (χ0v) is 7.33. The first-order chi connectivity index (χ1) is 5.33. The normalized spacial score (nSPS) is 43.8. The first-order valence-corrected chi connectivity index (χ1v) is 4.64. The fraction of sp³-hybridized carbons (Fsp3) is 0.667. The Kier molecular flexibility index (Phi) is 2.76. The quantitative estimate of drug-likeness (QED) is 0.519. The molecule has 0 N–H and O–H groups in total. The van der Waals surface area contributed by atoms with Crippen LogP contribution in [0.25, 0.3) is 0 Å². The van der Waals surface area contributed by atoms with E-state index in [1.165, 1.54) is 6.42 Å². The molecule has 2 rings (SSSR count). The van der Waals surface area contributed by atoms with Crippen LogP contribution in [0.15, 0.2) is 24.3 Å². The van der Waals surface area contributed by atoms with Crippen LogP contribution in [0.3, 0.4) is 0 Å². The van der Waals surface area contributed by atoms with Crippen LogP contribution in [0.1, 0.15) is 27.7 Å². The number of rotatable bonds is 1. The summed E-state index contributed by atoms with van der Waals surface area (Å²) in [6, 6.07) is 0. The molecule has 2 aliphatic rings. The number of fused-ring (bicyclic) bond motifs is 2. The summed E-state index contributed by atoms with van der Waals surface area (Å²) in [5.74, 6) is 3.49. The van der Waals surface area contributed by atoms with E-state index in [0.29, 0.717) is 0 Å². The molecule has 2 aliphatic carbocycles. The lowest BCUT2D eigenvalue weighted by atomic mass is 9.84. The smallest absolute Gasteiger partial charge is 0.0139 e. The van der Waals surface area contributed by atoms with Gasteiger partial charge in [-0.2, -0.15) is 0 Å². The van der Waals surface area contributed by atoms with Gasteiger partial charge in [0.2, 0.25) is 0 Å². The van der Waals surface area contributed by atoms with Crippen LogP contribution < -0.4 is 0 Å². The number of hydrogen-bond acceptors (Lipinski definition) is 0. The third kappa shape index (κ3) is 1.24. The summed E-state index contributed by atoms with van der Waals surface area (Å²) in [6.07, 6.45) is 10.8. The first kappa shape index (κ1) is 9.57. The molecule has 0 aromatic heterocycles. The average molecular weight is 164 g/mol. The van der Waals surface area contributed by atoms with Crippen molar-refractivity contribution >= 4 is 0 Å². The molecule has 0 radical (unpaired) electrons. The maximum absolute atomic E-state index is 2.41. The minimum atomic E-state index is 0. The Morgan fingerprint density at radius 2 is 1.92 bits per heavy atom. The third-order valence-electron chi connectivity index (χ3n) is 3.34. The monoisotopic (exact) mass is 164 g/mol. The maximum atomic E-state index is 2.41. The van der Waals surface area contributed by atoms with Gasteiger partial charge < -0.3 is 0 Å². The number of allylic oxidation sites excluding steroid dienone is 4. The molecule has 0 heteroatoms. The lowest BCUT2D eigenvalue weighted by Gasteiger charge is -2.21. The summed E-state index contributed by atoms with van der Waals surface area (Å²) >= 11 is 0. The zero-order valence-electron chi connectivity index (χ0n) is 7.33. The molecule has 0 aromatic carbocycles. The predicted molar refractivity (Wildman–Crippen MR) is 54.9 cm³/mol. The Bertz CT molecular complexity index is 200. The van der Waals surface area contributed by atoms with E-state index in [9.17, 15) is 0 Å². The van der Waals surface area contributed by atoms with Gasteiger partial charge in [0, 0.05) is 0 Å². The second-order valence-electron chi connectivity index (χ2n) is 3.91. The Morgan fingerprint density at radius 1 is 1.25 bits per heavy atom. The van der Waals surface area contributed by atoms with Crippen LogP contribution >= 0.6 is 0 Å². The molecule has 0 aromatic rings. The molecule has 2 bridgehead atoms. The van der Waals surface area contributed by atoms with Gasteiger partial charge in [-0.3, -0.25) is 0 Å². The molecule has 0 heterocycles. The summed E-state index contributed by atoms with van der Waals surface area (Å²) < 4.78 is 0. The van der Waals surface area contributed by atoms with Gasteiger partial charge in [-0.15, -0.1) is 0 Å². The Labute approximate surface area is 76.4 Å². The Balaban J connectivity index is 0.000000720. The first-order valence-electron chi connectivity index (χ1n) is 4.64. The van der Waals surface area contributed by atoms with Gasteiger partial charge in [-0.25, -0.2) is 0 Å². The molecule has 68 valence electrons. The van der Waals surface area contributed by atoms with E-state index in [2.05, 4.69) is 38.2 Å². The highest BCUT2D eigenvalue weighted by Crippen LogP contribution is 2.48.